The summed E-state index contributed by atoms with van der Waals surface area (Å²) >= 11 is 0. The highest BCUT2D eigenvalue weighted by atomic mass is 32.2. The first kappa shape index (κ1) is 17.2. The normalized spacial score (nSPS) is 18.9. The number of rotatable bonds is 3. The summed E-state index contributed by atoms with van der Waals surface area (Å²) < 4.78 is 28.2. The van der Waals surface area contributed by atoms with Crippen LogP contribution in [0.4, 0.5) is 0 Å². The second kappa shape index (κ2) is 6.82. The molecule has 2 aromatic carbocycles. The average Bonchev–Trinajstić information content (AvgIpc) is 2.68. The summed E-state index contributed by atoms with van der Waals surface area (Å²) in [5.74, 6) is 0. The highest BCUT2D eigenvalue weighted by Crippen LogP contribution is 2.36. The van der Waals surface area contributed by atoms with Gasteiger partial charge >= 0.3 is 0 Å². The van der Waals surface area contributed by atoms with Crippen molar-refractivity contribution in [3.63, 3.8) is 0 Å². The standard InChI is InChI=1S/C21H22N2O2S/c1-16-7-10-19(11-8-16)26(24,25)23-14-3-2-6-21(23)18-9-12-20-17(15-18)5-4-13-22-20/h4-5,7-13,15,21H,2-3,6,14H2,1H3/t21-/m1/s1. The van der Waals surface area contributed by atoms with Crippen molar-refractivity contribution in [2.45, 2.75) is 37.1 Å². The molecule has 1 aliphatic rings. The molecule has 0 aliphatic carbocycles. The number of hydrogen-bond donors (Lipinski definition) is 0. The Labute approximate surface area is 154 Å². The number of nitrogens with zero attached hydrogens (tertiary/aromatic N) is 2. The summed E-state index contributed by atoms with van der Waals surface area (Å²) in [4.78, 5) is 4.73. The monoisotopic (exact) mass is 366 g/mol. The number of aromatic nitrogens is 1. The van der Waals surface area contributed by atoms with Crippen LogP contribution in [0, 0.1) is 6.92 Å². The molecule has 0 N–H and O–H groups in total. The minimum absolute atomic E-state index is 0.125. The molecule has 4 nitrogen and oxygen atoms in total. The largest absolute Gasteiger partial charge is 0.256 e. The van der Waals surface area contributed by atoms with Crippen LogP contribution in [0.25, 0.3) is 10.9 Å². The van der Waals surface area contributed by atoms with Crippen LogP contribution in [0.15, 0.2) is 65.7 Å². The number of fused-ring (bicyclic) bond motifs is 1. The summed E-state index contributed by atoms with van der Waals surface area (Å²) in [6, 6.07) is 17.0. The Bertz CT molecular complexity index is 1030. The van der Waals surface area contributed by atoms with Crippen LogP contribution in [0.5, 0.6) is 0 Å². The van der Waals surface area contributed by atoms with E-state index in [1.165, 1.54) is 0 Å². The Morgan fingerprint density at radius 3 is 2.65 bits per heavy atom. The zero-order valence-corrected chi connectivity index (χ0v) is 15.6. The second-order valence-electron chi connectivity index (χ2n) is 6.90. The van der Waals surface area contributed by atoms with E-state index in [9.17, 15) is 8.42 Å². The van der Waals surface area contributed by atoms with Gasteiger partial charge in [-0.3, -0.25) is 4.98 Å². The lowest BCUT2D eigenvalue weighted by molar-refractivity contribution is 0.256. The van der Waals surface area contributed by atoms with E-state index in [2.05, 4.69) is 11.1 Å². The fourth-order valence-electron chi connectivity index (χ4n) is 3.67. The van der Waals surface area contributed by atoms with Crippen LogP contribution in [0.3, 0.4) is 0 Å². The molecule has 0 amide bonds. The van der Waals surface area contributed by atoms with Crippen molar-refractivity contribution in [3.05, 3.63) is 71.9 Å². The lowest BCUT2D eigenvalue weighted by Gasteiger charge is -2.35. The molecule has 0 unspecified atom stereocenters. The van der Waals surface area contributed by atoms with E-state index in [1.807, 2.05) is 43.3 Å². The topological polar surface area (TPSA) is 50.3 Å². The minimum atomic E-state index is -3.51. The molecule has 134 valence electrons. The van der Waals surface area contributed by atoms with Crippen LogP contribution >= 0.6 is 0 Å². The van der Waals surface area contributed by atoms with E-state index in [0.717, 1.165) is 41.3 Å². The average molecular weight is 366 g/mol. The highest BCUT2D eigenvalue weighted by Gasteiger charge is 2.34. The molecular weight excluding hydrogens is 344 g/mol. The fourth-order valence-corrected chi connectivity index (χ4v) is 5.36. The maximum absolute atomic E-state index is 13.3. The third-order valence-corrected chi connectivity index (χ3v) is 7.02. The van der Waals surface area contributed by atoms with Crippen molar-refractivity contribution in [3.8, 4) is 0 Å². The predicted octanol–water partition coefficient (Wildman–Crippen LogP) is 4.46. The summed E-state index contributed by atoms with van der Waals surface area (Å²) in [6.07, 6.45) is 4.56. The van der Waals surface area contributed by atoms with Crippen LogP contribution in [-0.4, -0.2) is 24.3 Å². The van der Waals surface area contributed by atoms with Crippen molar-refractivity contribution in [1.29, 1.82) is 0 Å². The molecule has 4 rings (SSSR count). The zero-order valence-electron chi connectivity index (χ0n) is 14.8. The molecule has 0 saturated carbocycles. The number of aryl methyl sites for hydroxylation is 1. The highest BCUT2D eigenvalue weighted by molar-refractivity contribution is 7.89. The molecular formula is C21H22N2O2S. The molecule has 1 aliphatic heterocycles. The van der Waals surface area contributed by atoms with E-state index < -0.39 is 10.0 Å². The van der Waals surface area contributed by atoms with Gasteiger partial charge in [0.25, 0.3) is 0 Å². The van der Waals surface area contributed by atoms with E-state index in [-0.39, 0.29) is 6.04 Å². The van der Waals surface area contributed by atoms with Crippen molar-refractivity contribution in [1.82, 2.24) is 9.29 Å². The Hall–Kier alpha value is -2.24. The van der Waals surface area contributed by atoms with Gasteiger partial charge in [0, 0.05) is 18.1 Å². The van der Waals surface area contributed by atoms with Crippen LogP contribution < -0.4 is 0 Å². The molecule has 1 aromatic heterocycles. The molecule has 2 heterocycles. The molecule has 26 heavy (non-hydrogen) atoms. The Kier molecular flexibility index (Phi) is 4.51. The van der Waals surface area contributed by atoms with Gasteiger partial charge in [0.1, 0.15) is 0 Å². The molecule has 5 heteroatoms. The van der Waals surface area contributed by atoms with Crippen LogP contribution in [0.1, 0.15) is 36.4 Å². The molecule has 0 spiro atoms. The predicted molar refractivity (Wildman–Crippen MR) is 103 cm³/mol. The van der Waals surface area contributed by atoms with Gasteiger partial charge in [-0.15, -0.1) is 0 Å². The maximum atomic E-state index is 13.3. The van der Waals surface area contributed by atoms with Crippen LogP contribution in [0.2, 0.25) is 0 Å². The molecule has 1 saturated heterocycles. The Morgan fingerprint density at radius 1 is 1.04 bits per heavy atom. The van der Waals surface area contributed by atoms with E-state index in [1.54, 1.807) is 22.6 Å². The van der Waals surface area contributed by atoms with E-state index in [0.29, 0.717) is 11.4 Å². The number of hydrogen-bond acceptors (Lipinski definition) is 3. The van der Waals surface area contributed by atoms with Crippen LogP contribution in [-0.2, 0) is 10.0 Å². The van der Waals surface area contributed by atoms with Gasteiger partial charge in [-0.25, -0.2) is 8.42 Å². The van der Waals surface area contributed by atoms with Crippen molar-refractivity contribution in [2.75, 3.05) is 6.54 Å². The number of benzene rings is 2. The molecule has 0 radical (unpaired) electrons. The first-order valence-corrected chi connectivity index (χ1v) is 10.4. The SMILES string of the molecule is Cc1ccc(S(=O)(=O)N2CCCC[C@@H]2c2ccc3ncccc3c2)cc1. The molecule has 3 aromatic rings. The number of pyridine rings is 1. The molecule has 1 fully saturated rings. The van der Waals surface area contributed by atoms with Gasteiger partial charge in [-0.05, 0) is 55.7 Å². The smallest absolute Gasteiger partial charge is 0.243 e. The second-order valence-corrected chi connectivity index (χ2v) is 8.79. The van der Waals surface area contributed by atoms with Crippen molar-refractivity contribution >= 4 is 20.9 Å². The Morgan fingerprint density at radius 2 is 1.85 bits per heavy atom. The maximum Gasteiger partial charge on any atom is 0.243 e. The van der Waals surface area contributed by atoms with Gasteiger partial charge in [0.15, 0.2) is 0 Å². The van der Waals surface area contributed by atoms with Gasteiger partial charge in [0.05, 0.1) is 16.5 Å². The minimum Gasteiger partial charge on any atom is -0.256 e. The van der Waals surface area contributed by atoms with Crippen molar-refractivity contribution in [2.24, 2.45) is 0 Å². The third-order valence-electron chi connectivity index (χ3n) is 5.09. The lowest BCUT2D eigenvalue weighted by atomic mass is 9.96. The quantitative estimate of drug-likeness (QED) is 0.688. The van der Waals surface area contributed by atoms with Gasteiger partial charge in [-0.2, -0.15) is 4.31 Å². The summed E-state index contributed by atoms with van der Waals surface area (Å²) in [5, 5.41) is 1.04. The van der Waals surface area contributed by atoms with E-state index >= 15 is 0 Å². The zero-order chi connectivity index (χ0) is 18.1. The summed E-state index contributed by atoms with van der Waals surface area (Å²) in [7, 11) is -3.51. The number of piperidine rings is 1. The van der Waals surface area contributed by atoms with E-state index in [4.69, 9.17) is 0 Å². The van der Waals surface area contributed by atoms with Gasteiger partial charge in [-0.1, -0.05) is 36.2 Å². The Balaban J connectivity index is 1.74. The lowest BCUT2D eigenvalue weighted by Crippen LogP contribution is -2.38. The van der Waals surface area contributed by atoms with Gasteiger partial charge in [0.2, 0.25) is 10.0 Å². The van der Waals surface area contributed by atoms with Crippen molar-refractivity contribution < 1.29 is 8.42 Å². The fraction of sp³-hybridized carbons (Fsp3) is 0.286. The first-order valence-electron chi connectivity index (χ1n) is 8.99. The number of sulfonamides is 1. The summed E-state index contributed by atoms with van der Waals surface area (Å²) in [6.45, 7) is 2.52. The van der Waals surface area contributed by atoms with Gasteiger partial charge < -0.3 is 0 Å². The molecule has 0 bridgehead atoms. The third kappa shape index (κ3) is 3.13. The molecule has 1 atom stereocenters. The summed E-state index contributed by atoms with van der Waals surface area (Å²) in [5.41, 5.74) is 3.03. The first-order chi connectivity index (χ1) is 12.6.